The molecule has 2 heterocycles. The smallest absolute Gasteiger partial charge is 0.310 e. The topological polar surface area (TPSA) is 56.5 Å². The summed E-state index contributed by atoms with van der Waals surface area (Å²) >= 11 is 1.34. The maximum atomic E-state index is 12.2. The van der Waals surface area contributed by atoms with Crippen LogP contribution >= 0.6 is 11.3 Å². The van der Waals surface area contributed by atoms with Crippen LogP contribution in [0.25, 0.3) is 21.7 Å². The van der Waals surface area contributed by atoms with E-state index in [-0.39, 0.29) is 18.8 Å². The minimum atomic E-state index is -0.444. The predicted molar refractivity (Wildman–Crippen MR) is 97.0 cm³/mol. The summed E-state index contributed by atoms with van der Waals surface area (Å²) in [6.07, 6.45) is 1.65. The number of benzene rings is 2. The van der Waals surface area contributed by atoms with E-state index in [4.69, 9.17) is 9.15 Å². The minimum Gasteiger partial charge on any atom is -0.464 e. The Bertz CT molecular complexity index is 1060. The highest BCUT2D eigenvalue weighted by Gasteiger charge is 2.15. The first-order valence-electron chi connectivity index (χ1n) is 7.82. The Balaban J connectivity index is 1.53. The number of thiophene rings is 1. The number of furan rings is 1. The largest absolute Gasteiger partial charge is 0.464 e. The molecule has 0 N–H and O–H groups in total. The predicted octanol–water partition coefficient (Wildman–Crippen LogP) is 4.62. The van der Waals surface area contributed by atoms with E-state index in [0.717, 1.165) is 27.3 Å². The number of ether oxygens (including phenoxy) is 1. The molecule has 2 aromatic carbocycles. The molecular formula is C20H14O4S. The summed E-state index contributed by atoms with van der Waals surface area (Å²) in [5.41, 5.74) is 1.50. The van der Waals surface area contributed by atoms with Crippen molar-refractivity contribution in [3.63, 3.8) is 0 Å². The van der Waals surface area contributed by atoms with Gasteiger partial charge in [0.15, 0.2) is 6.61 Å². The van der Waals surface area contributed by atoms with Crippen LogP contribution in [-0.4, -0.2) is 18.4 Å². The lowest BCUT2D eigenvalue weighted by Crippen LogP contribution is -2.14. The van der Waals surface area contributed by atoms with Crippen LogP contribution in [0.5, 0.6) is 0 Å². The average Bonchev–Trinajstić information content (AvgIpc) is 3.30. The van der Waals surface area contributed by atoms with Gasteiger partial charge in [-0.05, 0) is 28.3 Å². The first kappa shape index (κ1) is 15.6. The minimum absolute atomic E-state index is 0.0682. The summed E-state index contributed by atoms with van der Waals surface area (Å²) in [5.74, 6) is -0.633. The number of esters is 1. The van der Waals surface area contributed by atoms with Gasteiger partial charge in [-0.25, -0.2) is 0 Å². The first-order chi connectivity index (χ1) is 12.2. The van der Waals surface area contributed by atoms with E-state index in [9.17, 15) is 9.59 Å². The quantitative estimate of drug-likeness (QED) is 0.389. The molecule has 124 valence electrons. The van der Waals surface area contributed by atoms with Gasteiger partial charge in [-0.15, -0.1) is 11.3 Å². The molecule has 0 aliphatic carbocycles. The maximum absolute atomic E-state index is 12.2. The van der Waals surface area contributed by atoms with Crippen LogP contribution in [0.4, 0.5) is 0 Å². The van der Waals surface area contributed by atoms with Gasteiger partial charge in [0.1, 0.15) is 5.58 Å². The maximum Gasteiger partial charge on any atom is 0.310 e. The molecule has 0 saturated heterocycles. The van der Waals surface area contributed by atoms with Gasteiger partial charge in [0, 0.05) is 10.9 Å². The molecule has 4 rings (SSSR count). The fraction of sp³-hybridized carbons (Fsp3) is 0.100. The third-order valence-corrected chi connectivity index (χ3v) is 4.95. The Morgan fingerprint density at radius 1 is 1.04 bits per heavy atom. The zero-order valence-electron chi connectivity index (χ0n) is 13.2. The Morgan fingerprint density at radius 3 is 2.76 bits per heavy atom. The second kappa shape index (κ2) is 6.53. The summed E-state index contributed by atoms with van der Waals surface area (Å²) in [6, 6.07) is 15.3. The number of hydrogen-bond donors (Lipinski definition) is 0. The number of ketones is 1. The van der Waals surface area contributed by atoms with Crippen LogP contribution in [0, 0.1) is 0 Å². The number of rotatable bonds is 5. The third kappa shape index (κ3) is 3.06. The van der Waals surface area contributed by atoms with Crippen molar-refractivity contribution in [2.75, 3.05) is 6.61 Å². The second-order valence-electron chi connectivity index (χ2n) is 5.66. The zero-order valence-corrected chi connectivity index (χ0v) is 14.0. The SMILES string of the molecule is O=C(Cc1coc2ccc3ccccc3c12)OCC(=O)c1cccs1. The highest BCUT2D eigenvalue weighted by molar-refractivity contribution is 7.12. The molecule has 25 heavy (non-hydrogen) atoms. The summed E-state index contributed by atoms with van der Waals surface area (Å²) in [5, 5.41) is 4.85. The van der Waals surface area contributed by atoms with Crippen molar-refractivity contribution in [2.24, 2.45) is 0 Å². The third-order valence-electron chi connectivity index (χ3n) is 4.04. The van der Waals surface area contributed by atoms with Crippen molar-refractivity contribution < 1.29 is 18.7 Å². The van der Waals surface area contributed by atoms with Gasteiger partial charge < -0.3 is 9.15 Å². The summed E-state index contributed by atoms with van der Waals surface area (Å²) < 4.78 is 10.7. The molecule has 4 nitrogen and oxygen atoms in total. The van der Waals surface area contributed by atoms with Crippen molar-refractivity contribution in [2.45, 2.75) is 6.42 Å². The van der Waals surface area contributed by atoms with Gasteiger partial charge in [-0.3, -0.25) is 9.59 Å². The van der Waals surface area contributed by atoms with Crippen LogP contribution in [0.3, 0.4) is 0 Å². The van der Waals surface area contributed by atoms with Gasteiger partial charge in [0.25, 0.3) is 0 Å². The van der Waals surface area contributed by atoms with E-state index in [1.165, 1.54) is 11.3 Å². The lowest BCUT2D eigenvalue weighted by atomic mass is 10.0. The highest BCUT2D eigenvalue weighted by Crippen LogP contribution is 2.30. The number of carbonyl (C=O) groups is 2. The Hall–Kier alpha value is -2.92. The molecule has 0 aliphatic rings. The molecule has 2 aromatic heterocycles. The summed E-state index contributed by atoms with van der Waals surface area (Å²) in [4.78, 5) is 24.7. The van der Waals surface area contributed by atoms with Crippen molar-refractivity contribution in [1.82, 2.24) is 0 Å². The average molecular weight is 350 g/mol. The molecule has 0 fully saturated rings. The lowest BCUT2D eigenvalue weighted by molar-refractivity contribution is -0.141. The highest BCUT2D eigenvalue weighted by atomic mass is 32.1. The Kier molecular flexibility index (Phi) is 4.07. The molecule has 0 unspecified atom stereocenters. The molecule has 0 atom stereocenters. The fourth-order valence-electron chi connectivity index (χ4n) is 2.87. The molecule has 0 spiro atoms. The van der Waals surface area contributed by atoms with Crippen molar-refractivity contribution in [3.05, 3.63) is 70.6 Å². The van der Waals surface area contributed by atoms with Crippen LogP contribution < -0.4 is 0 Å². The summed E-state index contributed by atoms with van der Waals surface area (Å²) in [6.45, 7) is -0.240. The van der Waals surface area contributed by atoms with E-state index >= 15 is 0 Å². The summed E-state index contributed by atoms with van der Waals surface area (Å²) in [7, 11) is 0. The number of fused-ring (bicyclic) bond motifs is 3. The van der Waals surface area contributed by atoms with E-state index in [1.54, 1.807) is 18.4 Å². The van der Waals surface area contributed by atoms with Crippen LogP contribution in [0.1, 0.15) is 15.2 Å². The number of Topliss-reactive ketones (excluding diaryl/α,β-unsaturated/α-hetero) is 1. The van der Waals surface area contributed by atoms with Gasteiger partial charge in [0.05, 0.1) is 17.6 Å². The zero-order chi connectivity index (χ0) is 17.2. The molecule has 5 heteroatoms. The Labute approximate surface area is 147 Å². The molecule has 0 aliphatic heterocycles. The van der Waals surface area contributed by atoms with E-state index < -0.39 is 5.97 Å². The first-order valence-corrected chi connectivity index (χ1v) is 8.70. The monoisotopic (exact) mass is 350 g/mol. The Morgan fingerprint density at radius 2 is 1.92 bits per heavy atom. The van der Waals surface area contributed by atoms with E-state index in [1.807, 2.05) is 41.8 Å². The molecule has 0 radical (unpaired) electrons. The molecular weight excluding hydrogens is 336 g/mol. The molecule has 0 saturated carbocycles. The van der Waals surface area contributed by atoms with Crippen molar-refractivity contribution in [3.8, 4) is 0 Å². The number of carbonyl (C=O) groups excluding carboxylic acids is 2. The van der Waals surface area contributed by atoms with Gasteiger partial charge in [-0.1, -0.05) is 36.4 Å². The fourth-order valence-corrected chi connectivity index (χ4v) is 3.52. The molecule has 0 amide bonds. The van der Waals surface area contributed by atoms with Crippen molar-refractivity contribution >= 4 is 44.8 Å². The lowest BCUT2D eigenvalue weighted by Gasteiger charge is -2.04. The number of hydrogen-bond acceptors (Lipinski definition) is 5. The van der Waals surface area contributed by atoms with Gasteiger partial charge in [-0.2, -0.15) is 0 Å². The van der Waals surface area contributed by atoms with Gasteiger partial charge >= 0.3 is 5.97 Å². The normalized spacial score (nSPS) is 11.0. The van der Waals surface area contributed by atoms with E-state index in [2.05, 4.69) is 0 Å². The standard InChI is InChI=1S/C20H14O4S/c21-16(18-6-3-9-25-18)12-24-19(22)10-14-11-23-17-8-7-13-4-1-2-5-15(13)20(14)17/h1-9,11H,10,12H2. The van der Waals surface area contributed by atoms with Crippen LogP contribution in [-0.2, 0) is 16.0 Å². The van der Waals surface area contributed by atoms with E-state index in [0.29, 0.717) is 4.88 Å². The molecule has 0 bridgehead atoms. The van der Waals surface area contributed by atoms with Gasteiger partial charge in [0.2, 0.25) is 5.78 Å². The van der Waals surface area contributed by atoms with Crippen molar-refractivity contribution in [1.29, 1.82) is 0 Å². The molecule has 4 aromatic rings. The van der Waals surface area contributed by atoms with Crippen LogP contribution in [0.2, 0.25) is 0 Å². The van der Waals surface area contributed by atoms with Crippen LogP contribution in [0.15, 0.2) is 64.6 Å². The second-order valence-corrected chi connectivity index (χ2v) is 6.61.